The van der Waals surface area contributed by atoms with Gasteiger partial charge in [0, 0.05) is 6.54 Å². The first-order chi connectivity index (χ1) is 8.96. The highest BCUT2D eigenvalue weighted by Crippen LogP contribution is 2.27. The molecule has 0 saturated carbocycles. The number of carbonyl (C=O) groups excluding carboxylic acids is 1. The molecule has 0 aliphatic rings. The normalized spacial score (nSPS) is 11.1. The van der Waals surface area contributed by atoms with Gasteiger partial charge in [0.05, 0.1) is 10.4 Å². The van der Waals surface area contributed by atoms with Gasteiger partial charge in [0.25, 0.3) is 0 Å². The third-order valence-corrected chi connectivity index (χ3v) is 4.04. The molecule has 0 aliphatic heterocycles. The van der Waals surface area contributed by atoms with E-state index in [1.165, 1.54) is 5.56 Å². The molecule has 1 aromatic rings. The first kappa shape index (κ1) is 15.6. The molecular weight excluding hydrogens is 256 g/mol. The number of nitrogens with one attached hydrogen (secondary N) is 1. The van der Waals surface area contributed by atoms with Crippen molar-refractivity contribution in [1.82, 2.24) is 5.32 Å². The first-order valence-electron chi connectivity index (χ1n) is 6.60. The number of nitrogens with two attached hydrogens (primary N) is 1. The van der Waals surface area contributed by atoms with Gasteiger partial charge in [0.15, 0.2) is 0 Å². The molecular formula is C15H22N2OS. The summed E-state index contributed by atoms with van der Waals surface area (Å²) >= 11 is 5.07. The van der Waals surface area contributed by atoms with Crippen LogP contribution in [0.25, 0.3) is 0 Å². The first-order valence-corrected chi connectivity index (χ1v) is 7.00. The lowest BCUT2D eigenvalue weighted by Gasteiger charge is -2.28. The average molecular weight is 278 g/mol. The van der Waals surface area contributed by atoms with E-state index in [4.69, 9.17) is 18.0 Å². The fourth-order valence-electron chi connectivity index (χ4n) is 2.21. The molecule has 3 N–H and O–H groups in total. The molecule has 0 saturated heterocycles. The van der Waals surface area contributed by atoms with Gasteiger partial charge in [-0.3, -0.25) is 4.79 Å². The lowest BCUT2D eigenvalue weighted by Crippen LogP contribution is -2.48. The summed E-state index contributed by atoms with van der Waals surface area (Å²) in [5.74, 6) is -0.0773. The Morgan fingerprint density at radius 1 is 1.37 bits per heavy atom. The van der Waals surface area contributed by atoms with Crippen LogP contribution in [0.5, 0.6) is 0 Å². The average Bonchev–Trinajstić information content (AvgIpc) is 2.38. The standard InChI is InChI=1S/C15H22N2OS/c1-4-15(5-2,13(16)19)14(18)17-10-12-8-6-7-11(3)9-12/h6-9H,4-5,10H2,1-3H3,(H2,16,19)(H,17,18). The molecule has 104 valence electrons. The van der Waals surface area contributed by atoms with E-state index in [-0.39, 0.29) is 10.9 Å². The van der Waals surface area contributed by atoms with Gasteiger partial charge >= 0.3 is 0 Å². The maximum Gasteiger partial charge on any atom is 0.233 e. The molecule has 0 unspecified atom stereocenters. The highest BCUT2D eigenvalue weighted by molar-refractivity contribution is 7.80. The van der Waals surface area contributed by atoms with Gasteiger partial charge in [0.1, 0.15) is 0 Å². The van der Waals surface area contributed by atoms with Gasteiger partial charge in [-0.15, -0.1) is 0 Å². The zero-order chi connectivity index (χ0) is 14.5. The third-order valence-electron chi connectivity index (χ3n) is 3.65. The topological polar surface area (TPSA) is 55.1 Å². The summed E-state index contributed by atoms with van der Waals surface area (Å²) in [6, 6.07) is 8.06. The second-order valence-electron chi connectivity index (χ2n) is 4.83. The summed E-state index contributed by atoms with van der Waals surface area (Å²) in [6.07, 6.45) is 1.25. The van der Waals surface area contributed by atoms with Gasteiger partial charge in [0.2, 0.25) is 5.91 Å². The van der Waals surface area contributed by atoms with Crippen LogP contribution in [0.3, 0.4) is 0 Å². The molecule has 0 fully saturated rings. The fraction of sp³-hybridized carbons (Fsp3) is 0.467. The number of hydrogen-bond acceptors (Lipinski definition) is 2. The van der Waals surface area contributed by atoms with Gasteiger partial charge in [-0.25, -0.2) is 0 Å². The summed E-state index contributed by atoms with van der Waals surface area (Å²) in [5.41, 5.74) is 7.29. The van der Waals surface area contributed by atoms with Crippen molar-refractivity contribution in [3.63, 3.8) is 0 Å². The van der Waals surface area contributed by atoms with Gasteiger partial charge < -0.3 is 11.1 Å². The molecule has 4 heteroatoms. The van der Waals surface area contributed by atoms with Gasteiger partial charge in [-0.2, -0.15) is 0 Å². The van der Waals surface area contributed by atoms with Crippen molar-refractivity contribution in [3.05, 3.63) is 35.4 Å². The number of rotatable bonds is 6. The second-order valence-corrected chi connectivity index (χ2v) is 5.27. The molecule has 0 atom stereocenters. The van der Waals surface area contributed by atoms with Crippen molar-refractivity contribution in [1.29, 1.82) is 0 Å². The summed E-state index contributed by atoms with van der Waals surface area (Å²) < 4.78 is 0. The Balaban J connectivity index is 2.76. The van der Waals surface area contributed by atoms with Gasteiger partial charge in [-0.1, -0.05) is 55.9 Å². The van der Waals surface area contributed by atoms with Crippen LogP contribution in [-0.4, -0.2) is 10.9 Å². The minimum atomic E-state index is -0.723. The SMILES string of the molecule is CCC(CC)(C(=O)NCc1cccc(C)c1)C(N)=S. The van der Waals surface area contributed by atoms with Crippen molar-refractivity contribution in [3.8, 4) is 0 Å². The Morgan fingerprint density at radius 3 is 2.47 bits per heavy atom. The Labute approximate surface area is 120 Å². The minimum absolute atomic E-state index is 0.0773. The molecule has 3 nitrogen and oxygen atoms in total. The molecule has 0 radical (unpaired) electrons. The van der Waals surface area contributed by atoms with E-state index in [0.717, 1.165) is 5.56 Å². The predicted molar refractivity (Wildman–Crippen MR) is 82.8 cm³/mol. The minimum Gasteiger partial charge on any atom is -0.392 e. The fourth-order valence-corrected chi connectivity index (χ4v) is 2.59. The van der Waals surface area contributed by atoms with E-state index >= 15 is 0 Å². The molecule has 0 spiro atoms. The Hall–Kier alpha value is -1.42. The largest absolute Gasteiger partial charge is 0.392 e. The van der Waals surface area contributed by atoms with Crippen LogP contribution in [0, 0.1) is 12.3 Å². The van der Waals surface area contributed by atoms with Crippen molar-refractivity contribution in [2.75, 3.05) is 0 Å². The monoisotopic (exact) mass is 278 g/mol. The van der Waals surface area contributed by atoms with E-state index in [1.807, 2.05) is 39.0 Å². The van der Waals surface area contributed by atoms with Crippen LogP contribution < -0.4 is 11.1 Å². The predicted octanol–water partition coefficient (Wildman–Crippen LogP) is 2.70. The van der Waals surface area contributed by atoms with Crippen LogP contribution in [0.15, 0.2) is 24.3 Å². The Kier molecular flexibility index (Phi) is 5.48. The molecule has 1 amide bonds. The van der Waals surface area contributed by atoms with Crippen molar-refractivity contribution in [2.24, 2.45) is 11.1 Å². The molecule has 1 rings (SSSR count). The Morgan fingerprint density at radius 2 is 2.00 bits per heavy atom. The molecule has 0 aliphatic carbocycles. The van der Waals surface area contributed by atoms with Crippen molar-refractivity contribution < 1.29 is 4.79 Å². The zero-order valence-electron chi connectivity index (χ0n) is 11.8. The van der Waals surface area contributed by atoms with Gasteiger partial charge in [-0.05, 0) is 25.3 Å². The van der Waals surface area contributed by atoms with Crippen molar-refractivity contribution in [2.45, 2.75) is 40.2 Å². The lowest BCUT2D eigenvalue weighted by atomic mass is 9.81. The summed E-state index contributed by atoms with van der Waals surface area (Å²) in [5, 5.41) is 2.94. The number of benzene rings is 1. The zero-order valence-corrected chi connectivity index (χ0v) is 12.6. The highest BCUT2D eigenvalue weighted by Gasteiger charge is 2.37. The maximum atomic E-state index is 12.3. The van der Waals surface area contributed by atoms with E-state index in [9.17, 15) is 4.79 Å². The van der Waals surface area contributed by atoms with E-state index in [2.05, 4.69) is 11.4 Å². The molecule has 0 heterocycles. The van der Waals surface area contributed by atoms with Crippen LogP contribution in [-0.2, 0) is 11.3 Å². The number of amides is 1. The molecule has 19 heavy (non-hydrogen) atoms. The third kappa shape index (κ3) is 3.53. The molecule has 0 bridgehead atoms. The van der Waals surface area contributed by atoms with Crippen molar-refractivity contribution >= 4 is 23.1 Å². The molecule has 0 aromatic heterocycles. The van der Waals surface area contributed by atoms with Crippen LogP contribution in [0.4, 0.5) is 0 Å². The summed E-state index contributed by atoms with van der Waals surface area (Å²) in [4.78, 5) is 12.6. The van der Waals surface area contributed by atoms with E-state index < -0.39 is 5.41 Å². The lowest BCUT2D eigenvalue weighted by molar-refractivity contribution is -0.128. The second kappa shape index (κ2) is 6.66. The smallest absolute Gasteiger partial charge is 0.233 e. The van der Waals surface area contributed by atoms with Crippen LogP contribution >= 0.6 is 12.2 Å². The summed E-state index contributed by atoms with van der Waals surface area (Å²) in [6.45, 7) is 6.41. The molecule has 1 aromatic carbocycles. The summed E-state index contributed by atoms with van der Waals surface area (Å²) in [7, 11) is 0. The number of aryl methyl sites for hydroxylation is 1. The van der Waals surface area contributed by atoms with Crippen LogP contribution in [0.1, 0.15) is 37.8 Å². The highest BCUT2D eigenvalue weighted by atomic mass is 32.1. The Bertz CT molecular complexity index is 467. The van der Waals surface area contributed by atoms with E-state index in [1.54, 1.807) is 0 Å². The quantitative estimate of drug-likeness (QED) is 0.787. The maximum absolute atomic E-state index is 12.3. The van der Waals surface area contributed by atoms with Crippen LogP contribution in [0.2, 0.25) is 0 Å². The number of thiocarbonyl (C=S) groups is 1. The van der Waals surface area contributed by atoms with E-state index in [0.29, 0.717) is 19.4 Å². The number of hydrogen-bond donors (Lipinski definition) is 2. The number of carbonyl (C=O) groups is 1.